The topological polar surface area (TPSA) is 58.6 Å². The number of para-hydroxylation sites is 1. The Balaban J connectivity index is 1.75. The molecule has 0 bridgehead atoms. The van der Waals surface area contributed by atoms with Crippen molar-refractivity contribution in [1.82, 2.24) is 0 Å². The Morgan fingerprint density at radius 3 is 2.52 bits per heavy atom. The van der Waals surface area contributed by atoms with Crippen molar-refractivity contribution in [3.8, 4) is 5.75 Å². The summed E-state index contributed by atoms with van der Waals surface area (Å²) < 4.78 is 5.41. The second-order valence-electron chi connectivity index (χ2n) is 7.23. The van der Waals surface area contributed by atoms with E-state index in [2.05, 4.69) is 5.32 Å². The van der Waals surface area contributed by atoms with Gasteiger partial charge in [-0.1, -0.05) is 18.2 Å². The van der Waals surface area contributed by atoms with Gasteiger partial charge in [0.25, 0.3) is 0 Å². The molecule has 5 heteroatoms. The summed E-state index contributed by atoms with van der Waals surface area (Å²) in [5, 5.41) is 2.85. The summed E-state index contributed by atoms with van der Waals surface area (Å²) in [4.78, 5) is 27.8. The molecule has 5 nitrogen and oxygen atoms in total. The second-order valence-corrected chi connectivity index (χ2v) is 7.23. The van der Waals surface area contributed by atoms with E-state index in [1.165, 1.54) is 0 Å². The molecule has 2 amide bonds. The van der Waals surface area contributed by atoms with Gasteiger partial charge in [-0.25, -0.2) is 0 Å². The summed E-state index contributed by atoms with van der Waals surface area (Å²) in [5.41, 5.74) is 1.53. The number of aryl methyl sites for hydroxylation is 1. The Kier molecular flexibility index (Phi) is 5.49. The highest BCUT2D eigenvalue weighted by atomic mass is 16.5. The van der Waals surface area contributed by atoms with Crippen LogP contribution < -0.4 is 15.0 Å². The van der Waals surface area contributed by atoms with Crippen LogP contribution in [0.15, 0.2) is 48.5 Å². The summed E-state index contributed by atoms with van der Waals surface area (Å²) in [6.45, 7) is 6.50. The Labute approximate surface area is 160 Å². The summed E-state index contributed by atoms with van der Waals surface area (Å²) in [6, 6.07) is 15.1. The third kappa shape index (κ3) is 3.97. The molecule has 0 unspecified atom stereocenters. The maximum Gasteiger partial charge on any atom is 0.242 e. The molecule has 0 aromatic heterocycles. The number of anilines is 2. The first-order valence-corrected chi connectivity index (χ1v) is 9.37. The molecule has 1 aliphatic heterocycles. The van der Waals surface area contributed by atoms with Gasteiger partial charge in [-0.05, 0) is 69.5 Å². The molecule has 27 heavy (non-hydrogen) atoms. The number of hydrogen-bond donors (Lipinski definition) is 1. The maximum atomic E-state index is 13.2. The standard InChI is InChI=1S/C22H26N2O3/c1-4-27-18-13-11-17(12-14-18)23-20(25)22(2,3)21(26)24-15-7-9-16-8-5-6-10-19(16)24/h5-6,8,10-14H,4,7,9,15H2,1-3H3,(H,23,25). The fraction of sp³-hybridized carbons (Fsp3) is 0.364. The van der Waals surface area contributed by atoms with Gasteiger partial charge in [0.05, 0.1) is 6.61 Å². The Morgan fingerprint density at radius 2 is 1.81 bits per heavy atom. The van der Waals surface area contributed by atoms with Gasteiger partial charge in [-0.2, -0.15) is 0 Å². The van der Waals surface area contributed by atoms with Crippen LogP contribution in [0, 0.1) is 5.41 Å². The Hall–Kier alpha value is -2.82. The first kappa shape index (κ1) is 19.0. The average molecular weight is 366 g/mol. The van der Waals surface area contributed by atoms with Crippen molar-refractivity contribution >= 4 is 23.2 Å². The molecule has 0 saturated heterocycles. The fourth-order valence-electron chi connectivity index (χ4n) is 3.27. The summed E-state index contributed by atoms with van der Waals surface area (Å²) in [6.07, 6.45) is 1.86. The van der Waals surface area contributed by atoms with Gasteiger partial charge in [0.1, 0.15) is 11.2 Å². The molecule has 1 heterocycles. The highest BCUT2D eigenvalue weighted by Gasteiger charge is 2.40. The van der Waals surface area contributed by atoms with Crippen LogP contribution in [0.25, 0.3) is 0 Å². The van der Waals surface area contributed by atoms with E-state index in [4.69, 9.17) is 4.74 Å². The third-order valence-electron chi connectivity index (χ3n) is 4.88. The van der Waals surface area contributed by atoms with E-state index in [-0.39, 0.29) is 11.8 Å². The summed E-state index contributed by atoms with van der Waals surface area (Å²) in [7, 11) is 0. The van der Waals surface area contributed by atoms with Crippen molar-refractivity contribution in [1.29, 1.82) is 0 Å². The SMILES string of the molecule is CCOc1ccc(NC(=O)C(C)(C)C(=O)N2CCCc3ccccc32)cc1. The quantitative estimate of drug-likeness (QED) is 0.813. The number of carbonyl (C=O) groups is 2. The van der Waals surface area contributed by atoms with Crippen LogP contribution in [0.3, 0.4) is 0 Å². The van der Waals surface area contributed by atoms with Crippen LogP contribution in [0.1, 0.15) is 32.8 Å². The molecular weight excluding hydrogens is 340 g/mol. The van der Waals surface area contributed by atoms with Gasteiger partial charge in [-0.15, -0.1) is 0 Å². The van der Waals surface area contributed by atoms with Gasteiger partial charge < -0.3 is 15.0 Å². The lowest BCUT2D eigenvalue weighted by Gasteiger charge is -2.35. The molecule has 1 aliphatic rings. The van der Waals surface area contributed by atoms with Crippen molar-refractivity contribution in [2.24, 2.45) is 5.41 Å². The van der Waals surface area contributed by atoms with E-state index in [1.807, 2.05) is 31.2 Å². The fourth-order valence-corrected chi connectivity index (χ4v) is 3.27. The molecule has 0 spiro atoms. The first-order valence-electron chi connectivity index (χ1n) is 9.37. The number of fused-ring (bicyclic) bond motifs is 1. The number of ether oxygens (including phenoxy) is 1. The molecule has 2 aromatic carbocycles. The molecule has 142 valence electrons. The number of carbonyl (C=O) groups excluding carboxylic acids is 2. The molecular formula is C22H26N2O3. The molecule has 0 aliphatic carbocycles. The van der Waals surface area contributed by atoms with E-state index in [1.54, 1.807) is 43.0 Å². The first-order chi connectivity index (χ1) is 12.9. The van der Waals surface area contributed by atoms with Crippen molar-refractivity contribution in [3.63, 3.8) is 0 Å². The van der Waals surface area contributed by atoms with E-state index in [0.29, 0.717) is 18.8 Å². The average Bonchev–Trinajstić information content (AvgIpc) is 2.68. The molecule has 0 atom stereocenters. The molecule has 1 N–H and O–H groups in total. The van der Waals surface area contributed by atoms with Gasteiger partial charge in [0, 0.05) is 17.9 Å². The predicted molar refractivity (Wildman–Crippen MR) is 107 cm³/mol. The van der Waals surface area contributed by atoms with Crippen LogP contribution in [0.2, 0.25) is 0 Å². The smallest absolute Gasteiger partial charge is 0.242 e. The number of hydrogen-bond acceptors (Lipinski definition) is 3. The molecule has 3 rings (SSSR count). The maximum absolute atomic E-state index is 13.2. The minimum atomic E-state index is -1.18. The van der Waals surface area contributed by atoms with Crippen molar-refractivity contribution < 1.29 is 14.3 Å². The van der Waals surface area contributed by atoms with Crippen LogP contribution >= 0.6 is 0 Å². The largest absolute Gasteiger partial charge is 0.494 e. The van der Waals surface area contributed by atoms with Crippen LogP contribution in [-0.2, 0) is 16.0 Å². The molecule has 2 aromatic rings. The highest BCUT2D eigenvalue weighted by molar-refractivity contribution is 6.15. The van der Waals surface area contributed by atoms with Crippen molar-refractivity contribution in [3.05, 3.63) is 54.1 Å². The van der Waals surface area contributed by atoms with Crippen molar-refractivity contribution in [2.75, 3.05) is 23.4 Å². The Bertz CT molecular complexity index is 828. The lowest BCUT2D eigenvalue weighted by atomic mass is 9.88. The van der Waals surface area contributed by atoms with Crippen LogP contribution in [0.5, 0.6) is 5.75 Å². The lowest BCUT2D eigenvalue weighted by Crippen LogP contribution is -2.49. The van der Waals surface area contributed by atoms with Gasteiger partial charge in [0.2, 0.25) is 11.8 Å². The zero-order valence-electron chi connectivity index (χ0n) is 16.1. The lowest BCUT2D eigenvalue weighted by molar-refractivity contribution is -0.136. The third-order valence-corrected chi connectivity index (χ3v) is 4.88. The minimum Gasteiger partial charge on any atom is -0.494 e. The monoisotopic (exact) mass is 366 g/mol. The number of rotatable bonds is 5. The molecule has 0 radical (unpaired) electrons. The zero-order valence-corrected chi connectivity index (χ0v) is 16.1. The van der Waals surface area contributed by atoms with E-state index < -0.39 is 5.41 Å². The highest BCUT2D eigenvalue weighted by Crippen LogP contribution is 2.31. The van der Waals surface area contributed by atoms with Gasteiger partial charge in [0.15, 0.2) is 0 Å². The molecule has 0 saturated carbocycles. The van der Waals surface area contributed by atoms with Crippen LogP contribution in [0.4, 0.5) is 11.4 Å². The van der Waals surface area contributed by atoms with Gasteiger partial charge in [-0.3, -0.25) is 9.59 Å². The minimum absolute atomic E-state index is 0.182. The second kappa shape index (κ2) is 7.82. The Morgan fingerprint density at radius 1 is 1.11 bits per heavy atom. The van der Waals surface area contributed by atoms with Crippen LogP contribution in [-0.4, -0.2) is 25.0 Å². The van der Waals surface area contributed by atoms with Gasteiger partial charge >= 0.3 is 0 Å². The number of amides is 2. The molecule has 0 fully saturated rings. The normalized spacial score (nSPS) is 13.7. The number of benzene rings is 2. The van der Waals surface area contributed by atoms with E-state index >= 15 is 0 Å². The van der Waals surface area contributed by atoms with E-state index in [9.17, 15) is 9.59 Å². The zero-order chi connectivity index (χ0) is 19.4. The number of nitrogens with one attached hydrogen (secondary N) is 1. The van der Waals surface area contributed by atoms with Crippen molar-refractivity contribution in [2.45, 2.75) is 33.6 Å². The summed E-state index contributed by atoms with van der Waals surface area (Å²) in [5.74, 6) is 0.244. The predicted octanol–water partition coefficient (Wildman–Crippen LogP) is 4.03. The van der Waals surface area contributed by atoms with E-state index in [0.717, 1.165) is 29.8 Å². The number of nitrogens with zero attached hydrogens (tertiary/aromatic N) is 1. The summed E-state index contributed by atoms with van der Waals surface area (Å²) >= 11 is 0.